The predicted octanol–water partition coefficient (Wildman–Crippen LogP) is 0.732. The van der Waals surface area contributed by atoms with Crippen LogP contribution < -0.4 is 10.5 Å². The highest BCUT2D eigenvalue weighted by Crippen LogP contribution is 2.16. The first-order valence-electron chi connectivity index (χ1n) is 5.19. The molecule has 0 aromatic carbocycles. The third-order valence-electron chi connectivity index (χ3n) is 1.95. The lowest BCUT2D eigenvalue weighted by Gasteiger charge is -2.11. The molecule has 1 rings (SSSR count). The first kappa shape index (κ1) is 11.9. The molecule has 0 saturated carbocycles. The predicted molar refractivity (Wildman–Crippen MR) is 58.8 cm³/mol. The zero-order chi connectivity index (χ0) is 11.1. The molecule has 0 aliphatic rings. The van der Waals surface area contributed by atoms with Crippen molar-refractivity contribution in [1.29, 1.82) is 0 Å². The zero-order valence-corrected chi connectivity index (χ0v) is 9.02. The van der Waals surface area contributed by atoms with Crippen LogP contribution in [0, 0.1) is 0 Å². The summed E-state index contributed by atoms with van der Waals surface area (Å²) in [7, 11) is 0. The molecule has 84 valence electrons. The van der Waals surface area contributed by atoms with Crippen molar-refractivity contribution in [3.63, 3.8) is 0 Å². The van der Waals surface area contributed by atoms with E-state index in [1.165, 1.54) is 0 Å². The van der Waals surface area contributed by atoms with E-state index in [2.05, 4.69) is 4.98 Å². The fourth-order valence-corrected chi connectivity index (χ4v) is 1.22. The van der Waals surface area contributed by atoms with Gasteiger partial charge in [-0.25, -0.2) is 0 Å². The molecule has 0 amide bonds. The molecule has 0 spiro atoms. The minimum absolute atomic E-state index is 0.293. The number of pyridine rings is 1. The first-order valence-corrected chi connectivity index (χ1v) is 5.19. The van der Waals surface area contributed by atoms with Crippen molar-refractivity contribution in [2.45, 2.75) is 25.9 Å². The lowest BCUT2D eigenvalue weighted by Crippen LogP contribution is -2.14. The van der Waals surface area contributed by atoms with E-state index < -0.39 is 6.10 Å². The average Bonchev–Trinajstić information content (AvgIpc) is 2.24. The molecule has 1 heterocycles. The van der Waals surface area contributed by atoms with Gasteiger partial charge in [-0.2, -0.15) is 0 Å². The Balaban J connectivity index is 2.59. The highest BCUT2D eigenvalue weighted by atomic mass is 16.5. The second-order valence-corrected chi connectivity index (χ2v) is 3.50. The standard InChI is InChI=1S/C11H18N2O2/c1-9(14)8-15-11-5-3-7-13-10(11)4-2-6-12/h3,5,7,9,14H,2,4,6,8,12H2,1H3. The van der Waals surface area contributed by atoms with Crippen molar-refractivity contribution in [3.8, 4) is 5.75 Å². The molecule has 0 aliphatic heterocycles. The second-order valence-electron chi connectivity index (χ2n) is 3.50. The van der Waals surface area contributed by atoms with E-state index in [1.807, 2.05) is 12.1 Å². The molecule has 4 nitrogen and oxygen atoms in total. The van der Waals surface area contributed by atoms with Crippen LogP contribution in [0.3, 0.4) is 0 Å². The SMILES string of the molecule is CC(O)COc1cccnc1CCCN. The molecule has 1 atom stereocenters. The molecule has 15 heavy (non-hydrogen) atoms. The molecule has 1 aromatic rings. The summed E-state index contributed by atoms with van der Waals surface area (Å²) in [5.41, 5.74) is 6.35. The summed E-state index contributed by atoms with van der Waals surface area (Å²) < 4.78 is 5.44. The zero-order valence-electron chi connectivity index (χ0n) is 9.02. The monoisotopic (exact) mass is 210 g/mol. The Kier molecular flexibility index (Phi) is 5.07. The maximum atomic E-state index is 9.12. The lowest BCUT2D eigenvalue weighted by molar-refractivity contribution is 0.122. The number of nitrogens with two attached hydrogens (primary N) is 1. The Bertz CT molecular complexity index is 290. The summed E-state index contributed by atoms with van der Waals surface area (Å²) in [5, 5.41) is 9.12. The summed E-state index contributed by atoms with van der Waals surface area (Å²) in [5.74, 6) is 0.742. The summed E-state index contributed by atoms with van der Waals surface area (Å²) in [6.07, 6.45) is 2.97. The van der Waals surface area contributed by atoms with Crippen LogP contribution in [-0.4, -0.2) is 29.3 Å². The Hall–Kier alpha value is -1.13. The number of aromatic nitrogens is 1. The van der Waals surface area contributed by atoms with E-state index in [9.17, 15) is 0 Å². The van der Waals surface area contributed by atoms with Crippen LogP contribution in [0.15, 0.2) is 18.3 Å². The van der Waals surface area contributed by atoms with Crippen LogP contribution in [-0.2, 0) is 6.42 Å². The minimum Gasteiger partial charge on any atom is -0.489 e. The number of ether oxygens (including phenoxy) is 1. The summed E-state index contributed by atoms with van der Waals surface area (Å²) in [6.45, 7) is 2.63. The van der Waals surface area contributed by atoms with E-state index in [1.54, 1.807) is 13.1 Å². The second kappa shape index (κ2) is 6.37. The van der Waals surface area contributed by atoms with Gasteiger partial charge >= 0.3 is 0 Å². The normalized spacial score (nSPS) is 12.5. The van der Waals surface area contributed by atoms with E-state index in [0.717, 1.165) is 24.3 Å². The van der Waals surface area contributed by atoms with Gasteiger partial charge in [0.2, 0.25) is 0 Å². The van der Waals surface area contributed by atoms with Gasteiger partial charge in [-0.3, -0.25) is 4.98 Å². The molecule has 1 unspecified atom stereocenters. The molecular formula is C11H18N2O2. The van der Waals surface area contributed by atoms with E-state index in [-0.39, 0.29) is 0 Å². The summed E-state index contributed by atoms with van der Waals surface area (Å²) in [6, 6.07) is 3.69. The van der Waals surface area contributed by atoms with Crippen LogP contribution in [0.2, 0.25) is 0 Å². The fraction of sp³-hybridized carbons (Fsp3) is 0.545. The van der Waals surface area contributed by atoms with E-state index in [0.29, 0.717) is 13.2 Å². The molecule has 0 radical (unpaired) electrons. The Morgan fingerprint density at radius 1 is 1.60 bits per heavy atom. The van der Waals surface area contributed by atoms with Crippen LogP contribution in [0.5, 0.6) is 5.75 Å². The minimum atomic E-state index is -0.465. The number of rotatable bonds is 6. The number of nitrogens with zero attached hydrogens (tertiary/aromatic N) is 1. The third-order valence-corrected chi connectivity index (χ3v) is 1.95. The topological polar surface area (TPSA) is 68.4 Å². The smallest absolute Gasteiger partial charge is 0.140 e. The Labute approximate surface area is 90.1 Å². The van der Waals surface area contributed by atoms with Gasteiger partial charge in [0.25, 0.3) is 0 Å². The quantitative estimate of drug-likeness (QED) is 0.726. The molecule has 1 aromatic heterocycles. The van der Waals surface area contributed by atoms with Gasteiger partial charge in [0.15, 0.2) is 0 Å². The van der Waals surface area contributed by atoms with Gasteiger partial charge in [-0.05, 0) is 38.4 Å². The number of aliphatic hydroxyl groups excluding tert-OH is 1. The molecule has 4 heteroatoms. The van der Waals surface area contributed by atoms with Crippen LogP contribution in [0.4, 0.5) is 0 Å². The highest BCUT2D eigenvalue weighted by Gasteiger charge is 2.05. The van der Waals surface area contributed by atoms with Crippen molar-refractivity contribution < 1.29 is 9.84 Å². The van der Waals surface area contributed by atoms with Crippen LogP contribution >= 0.6 is 0 Å². The number of hydrogen-bond acceptors (Lipinski definition) is 4. The van der Waals surface area contributed by atoms with E-state index >= 15 is 0 Å². The molecule has 3 N–H and O–H groups in total. The highest BCUT2D eigenvalue weighted by molar-refractivity contribution is 5.26. The first-order chi connectivity index (χ1) is 7.24. The largest absolute Gasteiger partial charge is 0.489 e. The molecule has 0 fully saturated rings. The molecule has 0 saturated heterocycles. The molecular weight excluding hydrogens is 192 g/mol. The van der Waals surface area contributed by atoms with Gasteiger partial charge in [0, 0.05) is 6.20 Å². The fourth-order valence-electron chi connectivity index (χ4n) is 1.22. The third kappa shape index (κ3) is 4.27. The average molecular weight is 210 g/mol. The molecule has 0 bridgehead atoms. The van der Waals surface area contributed by atoms with Gasteiger partial charge in [-0.15, -0.1) is 0 Å². The van der Waals surface area contributed by atoms with Crippen molar-refractivity contribution >= 4 is 0 Å². The number of aliphatic hydroxyl groups is 1. The number of hydrogen-bond donors (Lipinski definition) is 2. The summed E-state index contributed by atoms with van der Waals surface area (Å²) in [4.78, 5) is 4.23. The van der Waals surface area contributed by atoms with E-state index in [4.69, 9.17) is 15.6 Å². The number of aryl methyl sites for hydroxylation is 1. The summed E-state index contributed by atoms with van der Waals surface area (Å²) >= 11 is 0. The van der Waals surface area contributed by atoms with Crippen molar-refractivity contribution in [2.75, 3.05) is 13.2 Å². The lowest BCUT2D eigenvalue weighted by atomic mass is 10.2. The van der Waals surface area contributed by atoms with Crippen LogP contribution in [0.25, 0.3) is 0 Å². The van der Waals surface area contributed by atoms with Crippen molar-refractivity contribution in [2.24, 2.45) is 5.73 Å². The maximum absolute atomic E-state index is 9.12. The van der Waals surface area contributed by atoms with Gasteiger partial charge in [0.05, 0.1) is 11.8 Å². The Morgan fingerprint density at radius 3 is 3.07 bits per heavy atom. The van der Waals surface area contributed by atoms with Gasteiger partial charge in [0.1, 0.15) is 12.4 Å². The molecule has 0 aliphatic carbocycles. The van der Waals surface area contributed by atoms with Crippen molar-refractivity contribution in [3.05, 3.63) is 24.0 Å². The van der Waals surface area contributed by atoms with Gasteiger partial charge in [-0.1, -0.05) is 0 Å². The Morgan fingerprint density at radius 2 is 2.40 bits per heavy atom. The van der Waals surface area contributed by atoms with Crippen molar-refractivity contribution in [1.82, 2.24) is 4.98 Å². The maximum Gasteiger partial charge on any atom is 0.140 e. The van der Waals surface area contributed by atoms with Crippen LogP contribution in [0.1, 0.15) is 19.0 Å². The van der Waals surface area contributed by atoms with Gasteiger partial charge < -0.3 is 15.6 Å².